The van der Waals surface area contributed by atoms with Gasteiger partial charge >= 0.3 is 0 Å². The Balaban J connectivity index is 1.59. The van der Waals surface area contributed by atoms with Crippen LogP contribution in [0.5, 0.6) is 11.5 Å². The van der Waals surface area contributed by atoms with E-state index in [4.69, 9.17) is 16.3 Å². The zero-order valence-electron chi connectivity index (χ0n) is 14.9. The predicted octanol–water partition coefficient (Wildman–Crippen LogP) is 8.07. The molecule has 1 heterocycles. The summed E-state index contributed by atoms with van der Waals surface area (Å²) in [5.41, 5.74) is 3.31. The number of halogens is 1. The van der Waals surface area contributed by atoms with Crippen molar-refractivity contribution < 1.29 is 4.74 Å². The minimum Gasteiger partial charge on any atom is -0.455 e. The van der Waals surface area contributed by atoms with Crippen molar-refractivity contribution >= 4 is 40.4 Å². The molecule has 136 valence electrons. The maximum Gasteiger partial charge on any atom is 0.142 e. The summed E-state index contributed by atoms with van der Waals surface area (Å²) in [6, 6.07) is 32.8. The lowest BCUT2D eigenvalue weighted by atomic mass is 10.2. The number of fused-ring (bicyclic) bond motifs is 2. The summed E-state index contributed by atoms with van der Waals surface area (Å²) in [5, 5.41) is 0.679. The third-order valence-corrected chi connectivity index (χ3v) is 5.89. The number of ether oxygens (including phenoxy) is 1. The van der Waals surface area contributed by atoms with E-state index < -0.39 is 0 Å². The molecule has 0 atom stereocenters. The molecular formula is C24H16ClNOS. The van der Waals surface area contributed by atoms with Crippen molar-refractivity contribution in [1.29, 1.82) is 0 Å². The van der Waals surface area contributed by atoms with Gasteiger partial charge in [-0.15, -0.1) is 0 Å². The molecule has 2 nitrogen and oxygen atoms in total. The molecule has 0 aliphatic carbocycles. The lowest BCUT2D eigenvalue weighted by molar-refractivity contribution is 0.454. The standard InChI is InChI=1S/C24H16ClNOS/c25-17-11-14-23-22(15-17)27-21-13-12-20(16-24(21)28-23)26(18-7-3-1-4-8-18)19-9-5-2-6-10-19/h1-16H. The SMILES string of the molecule is Clc1ccc2c(c1)Oc1ccc(N(c3ccccc3)c3ccccc3)cc1S2. The Morgan fingerprint density at radius 3 is 1.96 bits per heavy atom. The second-order valence-electron chi connectivity index (χ2n) is 6.43. The van der Waals surface area contributed by atoms with E-state index in [1.807, 2.05) is 36.4 Å². The average molecular weight is 402 g/mol. The third kappa shape index (κ3) is 3.24. The van der Waals surface area contributed by atoms with E-state index in [-0.39, 0.29) is 0 Å². The summed E-state index contributed by atoms with van der Waals surface area (Å²) in [7, 11) is 0. The van der Waals surface area contributed by atoms with Crippen molar-refractivity contribution in [1.82, 2.24) is 0 Å². The van der Waals surface area contributed by atoms with Gasteiger partial charge in [-0.25, -0.2) is 0 Å². The molecule has 0 saturated heterocycles. The molecule has 0 saturated carbocycles. The van der Waals surface area contributed by atoms with Gasteiger partial charge in [0.15, 0.2) is 0 Å². The molecule has 1 aliphatic rings. The summed E-state index contributed by atoms with van der Waals surface area (Å²) in [6.07, 6.45) is 0. The van der Waals surface area contributed by atoms with E-state index in [1.54, 1.807) is 11.8 Å². The van der Waals surface area contributed by atoms with Crippen molar-refractivity contribution in [3.63, 3.8) is 0 Å². The number of para-hydroxylation sites is 2. The molecule has 4 aromatic carbocycles. The molecule has 0 aromatic heterocycles. The fraction of sp³-hybridized carbons (Fsp3) is 0. The van der Waals surface area contributed by atoms with Gasteiger partial charge in [-0.2, -0.15) is 0 Å². The molecule has 0 spiro atoms. The van der Waals surface area contributed by atoms with Crippen LogP contribution in [0.3, 0.4) is 0 Å². The van der Waals surface area contributed by atoms with E-state index in [0.717, 1.165) is 38.4 Å². The van der Waals surface area contributed by atoms with E-state index in [0.29, 0.717) is 5.02 Å². The summed E-state index contributed by atoms with van der Waals surface area (Å²) in [5.74, 6) is 1.66. The first-order chi connectivity index (χ1) is 13.8. The summed E-state index contributed by atoms with van der Waals surface area (Å²) in [4.78, 5) is 4.40. The minimum absolute atomic E-state index is 0.679. The molecular weight excluding hydrogens is 386 g/mol. The summed E-state index contributed by atoms with van der Waals surface area (Å²) in [6.45, 7) is 0. The van der Waals surface area contributed by atoms with Crippen molar-refractivity contribution in [2.24, 2.45) is 0 Å². The topological polar surface area (TPSA) is 12.5 Å². The number of hydrogen-bond donors (Lipinski definition) is 0. The van der Waals surface area contributed by atoms with Gasteiger partial charge < -0.3 is 9.64 Å². The number of hydrogen-bond acceptors (Lipinski definition) is 3. The zero-order valence-corrected chi connectivity index (χ0v) is 16.5. The molecule has 28 heavy (non-hydrogen) atoms. The van der Waals surface area contributed by atoms with Crippen molar-refractivity contribution in [2.75, 3.05) is 4.90 Å². The van der Waals surface area contributed by atoms with E-state index in [1.165, 1.54) is 0 Å². The molecule has 4 aromatic rings. The zero-order chi connectivity index (χ0) is 18.9. The number of benzene rings is 4. The van der Waals surface area contributed by atoms with Crippen molar-refractivity contribution in [3.8, 4) is 11.5 Å². The lowest BCUT2D eigenvalue weighted by Crippen LogP contribution is -2.10. The molecule has 1 aliphatic heterocycles. The van der Waals surface area contributed by atoms with E-state index in [2.05, 4.69) is 65.6 Å². The molecule has 0 bridgehead atoms. The average Bonchev–Trinajstić information content (AvgIpc) is 2.74. The molecule has 0 fully saturated rings. The van der Waals surface area contributed by atoms with E-state index >= 15 is 0 Å². The van der Waals surface area contributed by atoms with Crippen LogP contribution in [0.2, 0.25) is 5.02 Å². The summed E-state index contributed by atoms with van der Waals surface area (Å²) >= 11 is 7.81. The Bertz CT molecular complexity index is 1090. The van der Waals surface area contributed by atoms with Crippen molar-refractivity contribution in [3.05, 3.63) is 102 Å². The van der Waals surface area contributed by atoms with Crippen LogP contribution >= 0.6 is 23.4 Å². The van der Waals surface area contributed by atoms with Gasteiger partial charge in [0.1, 0.15) is 11.5 Å². The van der Waals surface area contributed by atoms with Gasteiger partial charge in [-0.3, -0.25) is 0 Å². The van der Waals surface area contributed by atoms with Gasteiger partial charge in [0.2, 0.25) is 0 Å². The highest BCUT2D eigenvalue weighted by molar-refractivity contribution is 7.99. The first kappa shape index (κ1) is 17.2. The van der Waals surface area contributed by atoms with Crippen LogP contribution in [0.25, 0.3) is 0 Å². The Kier molecular flexibility index (Phi) is 4.47. The highest BCUT2D eigenvalue weighted by atomic mass is 35.5. The fourth-order valence-electron chi connectivity index (χ4n) is 3.28. The Morgan fingerprint density at radius 1 is 0.607 bits per heavy atom. The number of anilines is 3. The maximum atomic E-state index is 6.11. The van der Waals surface area contributed by atoms with Crippen LogP contribution in [0.15, 0.2) is 107 Å². The van der Waals surface area contributed by atoms with Crippen LogP contribution in [0.4, 0.5) is 17.1 Å². The van der Waals surface area contributed by atoms with Crippen LogP contribution < -0.4 is 9.64 Å². The first-order valence-corrected chi connectivity index (χ1v) is 10.2. The molecule has 0 amide bonds. The van der Waals surface area contributed by atoms with Gasteiger partial charge in [0, 0.05) is 28.2 Å². The normalized spacial score (nSPS) is 11.9. The van der Waals surface area contributed by atoms with Crippen molar-refractivity contribution in [2.45, 2.75) is 9.79 Å². The largest absolute Gasteiger partial charge is 0.455 e. The third-order valence-electron chi connectivity index (χ3n) is 4.56. The monoisotopic (exact) mass is 401 g/mol. The highest BCUT2D eigenvalue weighted by Crippen LogP contribution is 2.49. The lowest BCUT2D eigenvalue weighted by Gasteiger charge is -2.27. The van der Waals surface area contributed by atoms with Crippen LogP contribution in [0, 0.1) is 0 Å². The second-order valence-corrected chi connectivity index (χ2v) is 7.95. The number of nitrogens with zero attached hydrogens (tertiary/aromatic N) is 1. The van der Waals surface area contributed by atoms with Crippen LogP contribution in [-0.4, -0.2) is 0 Å². The molecule has 5 rings (SSSR count). The van der Waals surface area contributed by atoms with Crippen LogP contribution in [0.1, 0.15) is 0 Å². The Labute approximate surface area is 173 Å². The van der Waals surface area contributed by atoms with Crippen LogP contribution in [-0.2, 0) is 0 Å². The van der Waals surface area contributed by atoms with Gasteiger partial charge in [-0.1, -0.05) is 59.8 Å². The molecule has 4 heteroatoms. The first-order valence-electron chi connectivity index (χ1n) is 8.97. The predicted molar refractivity (Wildman–Crippen MR) is 117 cm³/mol. The van der Waals surface area contributed by atoms with Gasteiger partial charge in [0.25, 0.3) is 0 Å². The quantitative estimate of drug-likeness (QED) is 0.303. The second kappa shape index (κ2) is 7.27. The van der Waals surface area contributed by atoms with Gasteiger partial charge in [0.05, 0.1) is 9.79 Å². The molecule has 0 unspecified atom stereocenters. The Hall–Kier alpha value is -2.88. The maximum absolute atomic E-state index is 6.11. The number of rotatable bonds is 3. The highest BCUT2D eigenvalue weighted by Gasteiger charge is 2.20. The van der Waals surface area contributed by atoms with Gasteiger partial charge in [-0.05, 0) is 54.6 Å². The fourth-order valence-corrected chi connectivity index (χ4v) is 4.41. The summed E-state index contributed by atoms with van der Waals surface area (Å²) < 4.78 is 6.08. The Morgan fingerprint density at radius 2 is 1.29 bits per heavy atom. The minimum atomic E-state index is 0.679. The van der Waals surface area contributed by atoms with E-state index in [9.17, 15) is 0 Å². The molecule has 0 radical (unpaired) electrons. The smallest absolute Gasteiger partial charge is 0.142 e. The molecule has 0 N–H and O–H groups in total.